The van der Waals surface area contributed by atoms with E-state index in [0.717, 1.165) is 4.90 Å². The van der Waals surface area contributed by atoms with Gasteiger partial charge in [0.25, 0.3) is 11.4 Å². The van der Waals surface area contributed by atoms with E-state index in [1.54, 1.807) is 0 Å². The van der Waals surface area contributed by atoms with E-state index >= 15 is 0 Å². The van der Waals surface area contributed by atoms with Crippen LogP contribution in [0.1, 0.15) is 18.5 Å². The second kappa shape index (κ2) is 5.19. The molecule has 1 atom stereocenters. The number of benzene rings is 1. The highest BCUT2D eigenvalue weighted by Crippen LogP contribution is 2.31. The summed E-state index contributed by atoms with van der Waals surface area (Å²) >= 11 is 0. The number of urea groups is 1. The van der Waals surface area contributed by atoms with Gasteiger partial charge in [-0.25, -0.2) is 4.79 Å². The summed E-state index contributed by atoms with van der Waals surface area (Å²) in [7, 11) is 1.41. The number of nitrogens with zero attached hydrogens (tertiary/aromatic N) is 3. The highest BCUT2D eigenvalue weighted by molar-refractivity contribution is 5.78. The minimum atomic E-state index is -1.02. The number of nitrogens with one attached hydrogen (secondary N) is 1. The summed E-state index contributed by atoms with van der Waals surface area (Å²) in [5.41, 5.74) is 0.0792. The monoisotopic (exact) mass is 292 g/mol. The summed E-state index contributed by atoms with van der Waals surface area (Å²) in [5.74, 6) is 0. The number of hydrogen-bond acceptors (Lipinski definition) is 5. The average Bonchev–Trinajstić information content (AvgIpc) is 2.44. The summed E-state index contributed by atoms with van der Waals surface area (Å²) < 4.78 is 0. The number of hydrogen-bond donors (Lipinski definition) is 1. The summed E-state index contributed by atoms with van der Waals surface area (Å²) in [6, 6.07) is 3.89. The molecule has 21 heavy (non-hydrogen) atoms. The van der Waals surface area contributed by atoms with E-state index < -0.39 is 21.9 Å². The van der Waals surface area contributed by atoms with Crippen molar-refractivity contribution in [2.24, 2.45) is 0 Å². The van der Waals surface area contributed by atoms with Gasteiger partial charge in [-0.3, -0.25) is 25.1 Å². The Hall–Kier alpha value is -2.97. The number of allylic oxidation sites excluding steroid dienone is 1. The Morgan fingerprint density at radius 3 is 2.48 bits per heavy atom. The first-order valence-corrected chi connectivity index (χ1v) is 5.96. The quantitative estimate of drug-likeness (QED) is 0.673. The molecule has 1 aliphatic rings. The maximum Gasteiger partial charge on any atom is 0.322 e. The zero-order valence-electron chi connectivity index (χ0n) is 11.3. The molecule has 110 valence electrons. The van der Waals surface area contributed by atoms with Crippen molar-refractivity contribution in [1.29, 1.82) is 0 Å². The van der Waals surface area contributed by atoms with Gasteiger partial charge in [-0.05, 0) is 12.5 Å². The van der Waals surface area contributed by atoms with E-state index in [-0.39, 0.29) is 22.6 Å². The highest BCUT2D eigenvalue weighted by Gasteiger charge is 2.38. The molecule has 0 bridgehead atoms. The molecule has 9 nitrogen and oxygen atoms in total. The Morgan fingerprint density at radius 2 is 1.90 bits per heavy atom. The Morgan fingerprint density at radius 1 is 1.24 bits per heavy atom. The van der Waals surface area contributed by atoms with E-state index in [9.17, 15) is 25.0 Å². The topological polar surface area (TPSA) is 119 Å². The van der Waals surface area contributed by atoms with E-state index in [0.29, 0.717) is 0 Å². The van der Waals surface area contributed by atoms with Gasteiger partial charge >= 0.3 is 6.03 Å². The van der Waals surface area contributed by atoms with Crippen molar-refractivity contribution in [3.05, 3.63) is 61.5 Å². The van der Waals surface area contributed by atoms with Gasteiger partial charge in [0.15, 0.2) is 0 Å². The minimum absolute atomic E-state index is 0.193. The molecule has 0 aromatic heterocycles. The van der Waals surface area contributed by atoms with Gasteiger partial charge in [0.1, 0.15) is 6.04 Å². The third-order valence-corrected chi connectivity index (χ3v) is 3.33. The van der Waals surface area contributed by atoms with Crippen LogP contribution in [-0.2, 0) is 0 Å². The number of nitro benzene ring substituents is 1. The zero-order chi connectivity index (χ0) is 15.7. The molecule has 0 spiro atoms. The highest BCUT2D eigenvalue weighted by atomic mass is 16.6. The Balaban J connectivity index is 2.56. The summed E-state index contributed by atoms with van der Waals surface area (Å²) in [5, 5.41) is 24.5. The van der Waals surface area contributed by atoms with Crippen LogP contribution >= 0.6 is 0 Å². The number of carbonyl (C=O) groups is 1. The molecule has 1 aromatic rings. The van der Waals surface area contributed by atoms with Gasteiger partial charge < -0.3 is 5.32 Å². The summed E-state index contributed by atoms with van der Waals surface area (Å²) in [4.78, 5) is 33.8. The Kier molecular flexibility index (Phi) is 3.57. The standard InChI is InChI=1S/C12H12N4O5/c1-7-11(16(20)21)10(13-12(17)14(7)2)8-4-3-5-9(6-8)15(18)19/h3-6,10H,1-2H3,(H,13,17)/t10-/m1/s1. The molecule has 0 fully saturated rings. The smallest absolute Gasteiger partial charge is 0.321 e. The maximum atomic E-state index is 11.8. The second-order valence-corrected chi connectivity index (χ2v) is 4.52. The number of non-ortho nitro benzene ring substituents is 1. The molecular formula is C12H12N4O5. The van der Waals surface area contributed by atoms with Gasteiger partial charge in [-0.15, -0.1) is 0 Å². The van der Waals surface area contributed by atoms with Crippen molar-refractivity contribution in [2.45, 2.75) is 13.0 Å². The average molecular weight is 292 g/mol. The van der Waals surface area contributed by atoms with Crippen LogP contribution in [0.4, 0.5) is 10.5 Å². The van der Waals surface area contributed by atoms with Crippen LogP contribution in [0.5, 0.6) is 0 Å². The lowest BCUT2D eigenvalue weighted by molar-refractivity contribution is -0.433. The lowest BCUT2D eigenvalue weighted by Gasteiger charge is -2.29. The molecule has 1 heterocycles. The number of carbonyl (C=O) groups excluding carboxylic acids is 1. The first-order valence-electron chi connectivity index (χ1n) is 5.96. The van der Waals surface area contributed by atoms with Gasteiger partial charge in [0.2, 0.25) is 0 Å². The van der Waals surface area contributed by atoms with Crippen molar-refractivity contribution in [3.8, 4) is 0 Å². The molecule has 1 aromatic carbocycles. The third-order valence-electron chi connectivity index (χ3n) is 3.33. The predicted molar refractivity (Wildman–Crippen MR) is 71.8 cm³/mol. The van der Waals surface area contributed by atoms with Gasteiger partial charge in [0.05, 0.1) is 15.5 Å². The van der Waals surface area contributed by atoms with E-state index in [4.69, 9.17) is 0 Å². The van der Waals surface area contributed by atoms with Gasteiger partial charge in [0, 0.05) is 19.2 Å². The molecular weight excluding hydrogens is 280 g/mol. The van der Waals surface area contributed by atoms with Crippen molar-refractivity contribution in [1.82, 2.24) is 10.2 Å². The van der Waals surface area contributed by atoms with E-state index in [1.807, 2.05) is 0 Å². The number of amides is 2. The number of rotatable bonds is 3. The molecule has 0 saturated carbocycles. The fraction of sp³-hybridized carbons (Fsp3) is 0.250. The molecule has 0 radical (unpaired) electrons. The van der Waals surface area contributed by atoms with Crippen molar-refractivity contribution in [3.63, 3.8) is 0 Å². The lowest BCUT2D eigenvalue weighted by Crippen LogP contribution is -2.45. The molecule has 0 unspecified atom stereocenters. The van der Waals surface area contributed by atoms with E-state index in [1.165, 1.54) is 38.2 Å². The third kappa shape index (κ3) is 2.53. The molecule has 1 N–H and O–H groups in total. The maximum absolute atomic E-state index is 11.8. The van der Waals surface area contributed by atoms with Crippen LogP contribution in [0.15, 0.2) is 35.7 Å². The van der Waals surface area contributed by atoms with Crippen LogP contribution in [-0.4, -0.2) is 27.8 Å². The minimum Gasteiger partial charge on any atom is -0.321 e. The SMILES string of the molecule is CC1=C([N+](=O)[O-])[C@@H](c2cccc([N+](=O)[O-])c2)NC(=O)N1C. The fourth-order valence-corrected chi connectivity index (χ4v) is 2.12. The molecule has 0 aliphatic carbocycles. The molecule has 1 aliphatic heterocycles. The van der Waals surface area contributed by atoms with Crippen LogP contribution in [0.3, 0.4) is 0 Å². The predicted octanol–water partition coefficient (Wildman–Crippen LogP) is 1.80. The second-order valence-electron chi connectivity index (χ2n) is 4.52. The number of nitro groups is 2. The first-order chi connectivity index (χ1) is 9.82. The van der Waals surface area contributed by atoms with Crippen LogP contribution < -0.4 is 5.32 Å². The zero-order valence-corrected chi connectivity index (χ0v) is 11.3. The molecule has 0 saturated heterocycles. The van der Waals surface area contributed by atoms with Crippen molar-refractivity contribution < 1.29 is 14.6 Å². The normalized spacial score (nSPS) is 18.5. The van der Waals surface area contributed by atoms with Crippen molar-refractivity contribution in [2.75, 3.05) is 7.05 Å². The molecule has 2 amide bonds. The first kappa shape index (κ1) is 14.4. The Labute approximate surface area is 119 Å². The Bertz CT molecular complexity index is 669. The summed E-state index contributed by atoms with van der Waals surface area (Å²) in [6.07, 6.45) is 0. The lowest BCUT2D eigenvalue weighted by atomic mass is 10.0. The van der Waals surface area contributed by atoms with Crippen LogP contribution in [0, 0.1) is 20.2 Å². The van der Waals surface area contributed by atoms with Crippen LogP contribution in [0.25, 0.3) is 0 Å². The molecule has 9 heteroatoms. The summed E-state index contributed by atoms with van der Waals surface area (Å²) in [6.45, 7) is 1.46. The van der Waals surface area contributed by atoms with Gasteiger partial charge in [-0.2, -0.15) is 0 Å². The van der Waals surface area contributed by atoms with Crippen molar-refractivity contribution >= 4 is 11.7 Å². The van der Waals surface area contributed by atoms with Crippen LogP contribution in [0.2, 0.25) is 0 Å². The fourth-order valence-electron chi connectivity index (χ4n) is 2.12. The largest absolute Gasteiger partial charge is 0.322 e. The van der Waals surface area contributed by atoms with E-state index in [2.05, 4.69) is 5.32 Å². The van der Waals surface area contributed by atoms with Gasteiger partial charge in [-0.1, -0.05) is 12.1 Å². The molecule has 2 rings (SSSR count).